The first kappa shape index (κ1) is 83.5. The molecule has 6 fully saturated rings. The van der Waals surface area contributed by atoms with Crippen LogP contribution in [-0.2, 0) is 44.0 Å². The molecule has 0 atom stereocenters. The molecule has 18 rings (SSSR count). The summed E-state index contributed by atoms with van der Waals surface area (Å²) >= 11 is 0. The number of nitrogens with one attached hydrogen (secondary N) is 1. The van der Waals surface area contributed by atoms with Crippen LogP contribution in [0, 0.1) is 97.8 Å². The number of methoxy groups -OCH3 is 1. The van der Waals surface area contributed by atoms with Crippen LogP contribution in [0.5, 0.6) is 12.0 Å². The van der Waals surface area contributed by atoms with Crippen molar-refractivity contribution in [2.24, 2.45) is 35.5 Å². The van der Waals surface area contributed by atoms with Gasteiger partial charge in [-0.25, -0.2) is 54.6 Å². The predicted octanol–water partition coefficient (Wildman–Crippen LogP) is 21.4. The van der Waals surface area contributed by atoms with E-state index in [0.29, 0.717) is 12.5 Å². The summed E-state index contributed by atoms with van der Waals surface area (Å²) in [5.74, 6) is 8.80. The van der Waals surface area contributed by atoms with Gasteiger partial charge in [0.25, 0.3) is 6.01 Å². The monoisotopic (exact) mass is 1560 g/mol. The van der Waals surface area contributed by atoms with Gasteiger partial charge in [0, 0.05) is 80.5 Å². The Morgan fingerprint density at radius 1 is 0.313 bits per heavy atom. The van der Waals surface area contributed by atoms with Gasteiger partial charge in [-0.05, 0) is 255 Å². The summed E-state index contributed by atoms with van der Waals surface area (Å²) in [5.41, 5.74) is 18.0. The molecule has 1 N–H and O–H groups in total. The summed E-state index contributed by atoms with van der Waals surface area (Å²) in [5, 5.41) is 3.21. The van der Waals surface area contributed by atoms with Crippen molar-refractivity contribution >= 4 is 79.1 Å². The Balaban J connectivity index is 0.000000120. The van der Waals surface area contributed by atoms with Crippen molar-refractivity contribution < 1.29 is 19.0 Å². The summed E-state index contributed by atoms with van der Waals surface area (Å²) in [6, 6.07) is 25.3. The van der Waals surface area contributed by atoms with E-state index in [1.165, 1.54) is 200 Å². The van der Waals surface area contributed by atoms with Gasteiger partial charge in [-0.1, -0.05) is 116 Å². The molecule has 12 heterocycles. The van der Waals surface area contributed by atoms with E-state index in [1.54, 1.807) is 0 Å². The predicted molar refractivity (Wildman–Crippen MR) is 461 cm³/mol. The first-order valence-electron chi connectivity index (χ1n) is 43.9. The number of fused-ring (bicyclic) bond motifs is 6. The number of nitrogens with zero attached hydrogens (tertiary/aromatic N) is 18. The average Bonchev–Trinajstić information content (AvgIpc) is 1.68. The van der Waals surface area contributed by atoms with Crippen LogP contribution in [0.3, 0.4) is 0 Å². The Morgan fingerprint density at radius 2 is 0.548 bits per heavy atom. The van der Waals surface area contributed by atoms with E-state index < -0.39 is 6.16 Å². The van der Waals surface area contributed by atoms with E-state index in [-0.39, 0.29) is 6.01 Å². The summed E-state index contributed by atoms with van der Waals surface area (Å²) in [4.78, 5) is 66.8. The number of aromatic nitrogens is 18. The Hall–Kier alpha value is -9.41. The number of rotatable bonds is 16. The topological polar surface area (TPSA) is 241 Å². The second-order valence-electron chi connectivity index (χ2n) is 33.9. The van der Waals surface area contributed by atoms with Crippen molar-refractivity contribution in [1.29, 1.82) is 0 Å². The van der Waals surface area contributed by atoms with E-state index in [0.717, 1.165) is 199 Å². The summed E-state index contributed by atoms with van der Waals surface area (Å²) in [6.07, 6.45) is 39.8. The number of aryl methyl sites for hydroxylation is 9. The molecule has 23 heteroatoms. The molecule has 6 aliphatic carbocycles. The fourth-order valence-electron chi connectivity index (χ4n) is 18.4. The largest absolute Gasteiger partial charge is 0.516 e. The van der Waals surface area contributed by atoms with Crippen molar-refractivity contribution in [3.05, 3.63) is 124 Å². The van der Waals surface area contributed by atoms with Gasteiger partial charge in [-0.2, -0.15) is 9.97 Å². The molecule has 0 unspecified atom stereocenters. The smallest absolute Gasteiger partial charge is 0.465 e. The second-order valence-corrected chi connectivity index (χ2v) is 33.9. The molecule has 23 nitrogen and oxygen atoms in total. The number of anilines is 1. The van der Waals surface area contributed by atoms with Crippen molar-refractivity contribution in [3.8, 4) is 12.0 Å². The normalized spacial score (nSPS) is 16.9. The molecule has 0 amide bonds. The van der Waals surface area contributed by atoms with E-state index in [4.69, 9.17) is 9.47 Å². The highest BCUT2D eigenvalue weighted by Gasteiger charge is 2.26. The second kappa shape index (κ2) is 40.4. The lowest BCUT2D eigenvalue weighted by Crippen LogP contribution is -2.17. The van der Waals surface area contributed by atoms with Crippen LogP contribution in [0.15, 0.2) is 72.8 Å². The molecule has 0 radical (unpaired) electrons. The zero-order chi connectivity index (χ0) is 80.3. The zero-order valence-corrected chi connectivity index (χ0v) is 71.2. The maximum absolute atomic E-state index is 11.5. The molecule has 0 saturated heterocycles. The molecule has 0 aliphatic heterocycles. The average molecular weight is 1570 g/mol. The molecule has 12 aromatic rings. The van der Waals surface area contributed by atoms with Crippen LogP contribution in [0.1, 0.15) is 251 Å². The highest BCUT2D eigenvalue weighted by Crippen LogP contribution is 2.35. The standard InChI is InChI=1S/C16H21N3O3.C16H23N3O.C15H22N4.3C15H21N3/c1-11-8-9-13-14(17-11)19(10-12-6-4-3-5-7-12)15(18-13)22-16(20)21-2;1-3-20-16-18-14-10-9-12(2)17-15(14)19(16)11-13-7-5-4-6-8-13;1-11-8-9-13-14(17-11)19(15(16-2)18-13)10-12-6-4-3-5-7-12;3*1-11-8-9-14-15(16-11)18(12(2)17-14)10-13-6-4-3-5-7-13/h8-9,12H,3-7,10H2,1-2H3;9-10,13H,3-8,11H2,1-2H3;8-9,12H,3-7,10H2,1-2H3,(H,16,18);3*8-9,13H,3-7,10H2,1-2H3. The number of carbonyl (C=O) groups is 1. The molecule has 115 heavy (non-hydrogen) atoms. The highest BCUT2D eigenvalue weighted by atomic mass is 16.7. The minimum atomic E-state index is -0.753. The summed E-state index contributed by atoms with van der Waals surface area (Å²) in [7, 11) is 3.23. The minimum Gasteiger partial charge on any atom is -0.465 e. The lowest BCUT2D eigenvalue weighted by atomic mass is 9.89. The van der Waals surface area contributed by atoms with Gasteiger partial charge in [0.1, 0.15) is 50.6 Å². The van der Waals surface area contributed by atoms with Crippen LogP contribution in [0.2, 0.25) is 0 Å². The number of ether oxygens (including phenoxy) is 3. The lowest BCUT2D eigenvalue weighted by Gasteiger charge is -2.22. The molecule has 12 aromatic heterocycles. The van der Waals surface area contributed by atoms with E-state index >= 15 is 0 Å². The van der Waals surface area contributed by atoms with E-state index in [2.05, 4.69) is 138 Å². The number of carbonyl (C=O) groups excluding carboxylic acids is 1. The van der Waals surface area contributed by atoms with Gasteiger partial charge in [-0.15, -0.1) is 0 Å². The van der Waals surface area contributed by atoms with Crippen molar-refractivity contribution in [2.75, 3.05) is 26.1 Å². The van der Waals surface area contributed by atoms with Gasteiger partial charge in [0.15, 0.2) is 33.9 Å². The van der Waals surface area contributed by atoms with E-state index in [9.17, 15) is 4.79 Å². The van der Waals surface area contributed by atoms with Crippen LogP contribution >= 0.6 is 0 Å². The third-order valence-corrected chi connectivity index (χ3v) is 24.7. The minimum absolute atomic E-state index is 0.269. The van der Waals surface area contributed by atoms with Crippen LogP contribution in [-0.4, -0.2) is 114 Å². The number of imidazole rings is 6. The fourth-order valence-corrected chi connectivity index (χ4v) is 18.4. The molecular weight excluding hydrogens is 1440 g/mol. The maximum atomic E-state index is 11.5. The Bertz CT molecular complexity index is 4880. The fraction of sp³-hybridized carbons (Fsp3) is 0.598. The number of hydrogen-bond donors (Lipinski definition) is 1. The quantitative estimate of drug-likeness (QED) is 0.0884. The highest BCUT2D eigenvalue weighted by molar-refractivity contribution is 5.77. The molecular formula is C92H129N19O4. The number of pyridine rings is 6. The Labute approximate surface area is 680 Å². The first-order chi connectivity index (χ1) is 55.9. The lowest BCUT2D eigenvalue weighted by molar-refractivity contribution is 0.115. The van der Waals surface area contributed by atoms with Gasteiger partial charge >= 0.3 is 12.2 Å². The first-order valence-corrected chi connectivity index (χ1v) is 43.9. The molecule has 616 valence electrons. The van der Waals surface area contributed by atoms with Crippen LogP contribution < -0.4 is 14.8 Å². The van der Waals surface area contributed by atoms with Gasteiger partial charge in [0.2, 0.25) is 5.95 Å². The van der Waals surface area contributed by atoms with Crippen molar-refractivity contribution in [2.45, 2.75) is 301 Å². The molecule has 0 spiro atoms. The molecule has 0 aromatic carbocycles. The zero-order valence-electron chi connectivity index (χ0n) is 71.2. The van der Waals surface area contributed by atoms with Gasteiger partial charge in [0.05, 0.1) is 13.7 Å². The molecule has 0 bridgehead atoms. The molecule has 6 saturated carbocycles. The number of hydrogen-bond acceptors (Lipinski definition) is 17. The maximum Gasteiger partial charge on any atom is 0.516 e. The Kier molecular flexibility index (Phi) is 29.4. The Morgan fingerprint density at radius 3 is 0.826 bits per heavy atom. The molecule has 6 aliphatic rings. The summed E-state index contributed by atoms with van der Waals surface area (Å²) in [6.45, 7) is 27.2. The van der Waals surface area contributed by atoms with Crippen molar-refractivity contribution in [1.82, 2.24) is 87.2 Å². The van der Waals surface area contributed by atoms with E-state index in [1.807, 2.05) is 109 Å². The SMILES string of the molecule is CCOc1nc2ccc(C)nc2n1CC1CCCCC1.CNc1nc2ccc(C)nc2n1CC1CCCCC1.COC(=O)Oc1nc2ccc(C)nc2n1CC1CCCCC1.Cc1ccc2nc(C)n(CC3CCCCC3)c2n1.Cc1ccc2nc(C)n(CC3CCCCC3)c2n1.Cc1ccc2nc(C)n(CC3CCCCC3)c2n1. The third kappa shape index (κ3) is 22.0. The van der Waals surface area contributed by atoms with Crippen LogP contribution in [0.25, 0.3) is 67.0 Å². The third-order valence-electron chi connectivity index (χ3n) is 24.7. The van der Waals surface area contributed by atoms with Gasteiger partial charge in [-0.3, -0.25) is 13.7 Å². The van der Waals surface area contributed by atoms with Crippen LogP contribution in [0.4, 0.5) is 10.7 Å². The van der Waals surface area contributed by atoms with Crippen molar-refractivity contribution in [3.63, 3.8) is 0 Å². The van der Waals surface area contributed by atoms with Gasteiger partial charge < -0.3 is 33.2 Å². The summed E-state index contributed by atoms with van der Waals surface area (Å²) < 4.78 is 28.8.